The molecule has 0 bridgehead atoms. The Morgan fingerprint density at radius 1 is 1.14 bits per heavy atom. The zero-order valence-electron chi connectivity index (χ0n) is 23.7. The number of aromatic nitrogens is 3. The first-order chi connectivity index (χ1) is 20.2. The molecule has 0 aliphatic heterocycles. The van der Waals surface area contributed by atoms with E-state index in [1.165, 1.54) is 6.07 Å². The van der Waals surface area contributed by atoms with Crippen molar-refractivity contribution in [2.45, 2.75) is 70.4 Å². The van der Waals surface area contributed by atoms with Crippen LogP contribution in [0.15, 0.2) is 47.8 Å². The standard InChI is InChI=1S/C34H32F3N4O.H2/c1-3-19-10-23(13-26-25(19)12-22-11-24(22)14-34(26,37)32(35)36)31(42)39-18-33(2)9-8-21-6-7-27(40-28(21)15-33)30-17-38-16-29(41-30)20-4-5-20;/h6-8,10-11,13,15-17,20,32H,3-5,9,12,14,18H2,1-2H3,(H,39,42);1H/t33?,34-;/m0./s1. The minimum absolute atomic E-state index is 0. The number of benzene rings is 1. The van der Waals surface area contributed by atoms with Gasteiger partial charge in [0, 0.05) is 43.9 Å². The highest BCUT2D eigenvalue weighted by Crippen LogP contribution is 2.51. The lowest BCUT2D eigenvalue weighted by Crippen LogP contribution is -2.41. The number of aryl methyl sites for hydroxylation is 1. The van der Waals surface area contributed by atoms with Crippen molar-refractivity contribution in [3.63, 3.8) is 0 Å². The number of carbonyl (C=O) groups excluding carboxylic acids is 1. The topological polar surface area (TPSA) is 67.8 Å². The quantitative estimate of drug-likeness (QED) is 0.406. The molecular weight excluding hydrogens is 537 g/mol. The number of hydrogen-bond acceptors (Lipinski definition) is 4. The minimum Gasteiger partial charge on any atom is -0.351 e. The van der Waals surface area contributed by atoms with E-state index in [2.05, 4.69) is 22.5 Å². The number of carbonyl (C=O) groups is 1. The highest BCUT2D eigenvalue weighted by atomic mass is 19.3. The summed E-state index contributed by atoms with van der Waals surface area (Å²) < 4.78 is 44.2. The number of amides is 1. The number of allylic oxidation sites excluding steroid dienone is 2. The number of nitrogens with one attached hydrogen (secondary N) is 1. The van der Waals surface area contributed by atoms with Gasteiger partial charge in [0.2, 0.25) is 0 Å². The average molecular weight is 572 g/mol. The Kier molecular flexibility index (Phi) is 6.37. The lowest BCUT2D eigenvalue weighted by molar-refractivity contribution is -0.0382. The van der Waals surface area contributed by atoms with Crippen molar-refractivity contribution in [2.24, 2.45) is 5.41 Å². The van der Waals surface area contributed by atoms with Gasteiger partial charge in [0.25, 0.3) is 12.3 Å². The molecule has 5 nitrogen and oxygen atoms in total. The molecule has 4 aliphatic rings. The Bertz CT molecular complexity index is 1790. The van der Waals surface area contributed by atoms with E-state index in [-0.39, 0.29) is 19.0 Å². The van der Waals surface area contributed by atoms with Crippen LogP contribution in [-0.2, 0) is 18.5 Å². The summed E-state index contributed by atoms with van der Waals surface area (Å²) in [4.78, 5) is 27.4. The summed E-state index contributed by atoms with van der Waals surface area (Å²) in [6, 6.07) is 7.07. The normalized spacial score (nSPS) is 24.1. The molecule has 1 aromatic carbocycles. The van der Waals surface area contributed by atoms with E-state index in [0.29, 0.717) is 42.9 Å². The molecule has 1 fully saturated rings. The fourth-order valence-corrected chi connectivity index (χ4v) is 6.26. The van der Waals surface area contributed by atoms with Crippen LogP contribution in [0.4, 0.5) is 13.2 Å². The molecule has 2 aromatic heterocycles. The summed E-state index contributed by atoms with van der Waals surface area (Å²) >= 11 is 0. The molecule has 0 saturated heterocycles. The van der Waals surface area contributed by atoms with Gasteiger partial charge in [-0.3, -0.25) is 9.78 Å². The molecule has 2 heterocycles. The van der Waals surface area contributed by atoms with Gasteiger partial charge < -0.3 is 5.32 Å². The first-order valence-electron chi connectivity index (χ1n) is 14.7. The molecule has 2 atom stereocenters. The van der Waals surface area contributed by atoms with Crippen LogP contribution in [0.25, 0.3) is 23.5 Å². The van der Waals surface area contributed by atoms with Crippen LogP contribution < -0.4 is 15.9 Å². The predicted molar refractivity (Wildman–Crippen MR) is 157 cm³/mol. The molecule has 8 heteroatoms. The van der Waals surface area contributed by atoms with Gasteiger partial charge in [0.05, 0.1) is 22.9 Å². The van der Waals surface area contributed by atoms with Gasteiger partial charge >= 0.3 is 0 Å². The zero-order valence-corrected chi connectivity index (χ0v) is 23.7. The number of alkyl halides is 3. The average Bonchev–Trinajstić information content (AvgIpc) is 3.92. The molecule has 0 spiro atoms. The molecule has 217 valence electrons. The Hall–Kier alpha value is -3.81. The van der Waals surface area contributed by atoms with E-state index in [1.807, 2.05) is 32.2 Å². The molecule has 42 heavy (non-hydrogen) atoms. The maximum atomic E-state index is 15.9. The number of halogens is 3. The fourth-order valence-electron chi connectivity index (χ4n) is 6.26. The monoisotopic (exact) mass is 571 g/mol. The summed E-state index contributed by atoms with van der Waals surface area (Å²) in [5.41, 5.74) is 2.34. The van der Waals surface area contributed by atoms with Crippen LogP contribution in [0.1, 0.15) is 79.6 Å². The van der Waals surface area contributed by atoms with Crippen LogP contribution in [0.5, 0.6) is 0 Å². The zero-order chi connectivity index (χ0) is 29.2. The maximum Gasteiger partial charge on any atom is 0.276 e. The van der Waals surface area contributed by atoms with Crippen molar-refractivity contribution >= 4 is 18.1 Å². The van der Waals surface area contributed by atoms with Crippen molar-refractivity contribution in [2.75, 3.05) is 6.54 Å². The van der Waals surface area contributed by atoms with Crippen LogP contribution in [0.2, 0.25) is 0 Å². The maximum absolute atomic E-state index is 15.9. The predicted octanol–water partition coefficient (Wildman–Crippen LogP) is 5.52. The highest BCUT2D eigenvalue weighted by Gasteiger charge is 2.49. The van der Waals surface area contributed by atoms with Gasteiger partial charge in [-0.2, -0.15) is 0 Å². The highest BCUT2D eigenvalue weighted by molar-refractivity contribution is 5.95. The number of nitrogens with zero attached hydrogens (tertiary/aromatic N) is 3. The Labute approximate surface area is 244 Å². The van der Waals surface area contributed by atoms with Gasteiger partial charge in [-0.1, -0.05) is 43.2 Å². The molecular formula is C34H34F3N4O. The summed E-state index contributed by atoms with van der Waals surface area (Å²) in [6.07, 6.45) is 9.93. The van der Waals surface area contributed by atoms with E-state index in [4.69, 9.17) is 9.97 Å². The van der Waals surface area contributed by atoms with Crippen molar-refractivity contribution < 1.29 is 19.4 Å². The molecule has 4 aliphatic carbocycles. The Morgan fingerprint density at radius 2 is 1.98 bits per heavy atom. The third-order valence-corrected chi connectivity index (χ3v) is 9.07. The Morgan fingerprint density at radius 3 is 2.74 bits per heavy atom. The van der Waals surface area contributed by atoms with E-state index in [0.717, 1.165) is 51.6 Å². The van der Waals surface area contributed by atoms with Gasteiger partial charge in [0.1, 0.15) is 5.69 Å². The van der Waals surface area contributed by atoms with Gasteiger partial charge in [-0.25, -0.2) is 23.1 Å². The lowest BCUT2D eigenvalue weighted by atomic mass is 9.82. The summed E-state index contributed by atoms with van der Waals surface area (Å²) in [5, 5.41) is 4.83. The molecule has 1 radical (unpaired) electrons. The lowest BCUT2D eigenvalue weighted by Gasteiger charge is -2.29. The number of hydrogen-bond donors (Lipinski definition) is 1. The molecule has 7 rings (SSSR count). The van der Waals surface area contributed by atoms with Gasteiger partial charge in [-0.15, -0.1) is 0 Å². The van der Waals surface area contributed by atoms with E-state index < -0.39 is 23.4 Å². The van der Waals surface area contributed by atoms with Crippen LogP contribution in [-0.4, -0.2) is 33.8 Å². The van der Waals surface area contributed by atoms with Crippen molar-refractivity contribution in [3.8, 4) is 11.4 Å². The second kappa shape index (κ2) is 9.89. The molecule has 1 amide bonds. The summed E-state index contributed by atoms with van der Waals surface area (Å²) in [7, 11) is 0. The summed E-state index contributed by atoms with van der Waals surface area (Å²) in [5.74, 6) is 0.0909. The summed E-state index contributed by atoms with van der Waals surface area (Å²) in [6.45, 7) is 4.25. The smallest absolute Gasteiger partial charge is 0.276 e. The van der Waals surface area contributed by atoms with Gasteiger partial charge in [0.15, 0.2) is 5.67 Å². The third kappa shape index (κ3) is 4.84. The van der Waals surface area contributed by atoms with Crippen molar-refractivity contribution in [3.05, 3.63) is 92.7 Å². The molecule has 1 N–H and O–H groups in total. The SMILES string of the molecule is CCc1cc(C(=O)NCC2(C)C=c3nc(-c4cncc(C5CC5)n4)ccc3=CC2)cc2c1CC1=C([CH]1)C[C@@]2(F)C(F)F.[HH]. The second-order valence-corrected chi connectivity index (χ2v) is 12.4. The second-order valence-electron chi connectivity index (χ2n) is 12.4. The fraction of sp³-hybridized carbons (Fsp3) is 0.382. The van der Waals surface area contributed by atoms with Crippen molar-refractivity contribution in [1.82, 2.24) is 20.3 Å². The first-order valence-corrected chi connectivity index (χ1v) is 14.7. The van der Waals surface area contributed by atoms with E-state index >= 15 is 4.39 Å². The van der Waals surface area contributed by atoms with Crippen LogP contribution >= 0.6 is 0 Å². The molecule has 1 saturated carbocycles. The van der Waals surface area contributed by atoms with Crippen LogP contribution in [0.3, 0.4) is 0 Å². The van der Waals surface area contributed by atoms with E-state index in [1.54, 1.807) is 18.7 Å². The largest absolute Gasteiger partial charge is 0.351 e. The van der Waals surface area contributed by atoms with Gasteiger partial charge in [-0.05, 0) is 72.2 Å². The third-order valence-electron chi connectivity index (χ3n) is 9.07. The number of pyridine rings is 1. The number of rotatable bonds is 7. The minimum atomic E-state index is -3.19. The first kappa shape index (κ1) is 27.0. The van der Waals surface area contributed by atoms with E-state index in [9.17, 15) is 13.6 Å². The van der Waals surface area contributed by atoms with Crippen LogP contribution in [0, 0.1) is 11.8 Å². The molecule has 3 aromatic rings. The Balaban J connectivity index is 0.00000329. The molecule has 1 unspecified atom stereocenters. The number of fused-ring (bicyclic) bond motifs is 2. The van der Waals surface area contributed by atoms with Crippen molar-refractivity contribution in [1.29, 1.82) is 0 Å².